The molecule has 0 spiro atoms. The van der Waals surface area contributed by atoms with Crippen molar-refractivity contribution >= 4 is 5.97 Å². The monoisotopic (exact) mass is 234 g/mol. The molecule has 1 saturated carbocycles. The molecule has 0 radical (unpaired) electrons. The fourth-order valence-electron chi connectivity index (χ4n) is 3.31. The van der Waals surface area contributed by atoms with Gasteiger partial charge in [-0.15, -0.1) is 0 Å². The Labute approximate surface area is 104 Å². The maximum Gasteiger partial charge on any atom is 0.334 e. The molecule has 1 saturated heterocycles. The molecule has 2 heteroatoms. The molecular weight excluding hydrogens is 212 g/mol. The molecule has 1 aliphatic heterocycles. The van der Waals surface area contributed by atoms with E-state index in [1.165, 1.54) is 5.57 Å². The first-order valence-corrected chi connectivity index (χ1v) is 6.40. The zero-order chi connectivity index (χ0) is 12.8. The molecule has 3 atom stereocenters. The van der Waals surface area contributed by atoms with Crippen LogP contribution in [0.2, 0.25) is 0 Å². The minimum atomic E-state index is -0.264. The molecule has 0 aromatic heterocycles. The van der Waals surface area contributed by atoms with Crippen molar-refractivity contribution in [2.75, 3.05) is 0 Å². The predicted molar refractivity (Wildman–Crippen MR) is 68.5 cm³/mol. The summed E-state index contributed by atoms with van der Waals surface area (Å²) >= 11 is 0. The van der Waals surface area contributed by atoms with Crippen molar-refractivity contribution < 1.29 is 9.53 Å². The number of fused-ring (bicyclic) bond motifs is 1. The molecule has 0 bridgehead atoms. The molecule has 1 aliphatic carbocycles. The lowest BCUT2D eigenvalue weighted by atomic mass is 9.77. The summed E-state index contributed by atoms with van der Waals surface area (Å²) < 4.78 is 5.71. The van der Waals surface area contributed by atoms with E-state index >= 15 is 0 Å². The summed E-state index contributed by atoms with van der Waals surface area (Å²) in [7, 11) is 0. The van der Waals surface area contributed by atoms with E-state index in [1.54, 1.807) is 0 Å². The number of ether oxygens (including phenoxy) is 1. The van der Waals surface area contributed by atoms with E-state index in [9.17, 15) is 4.79 Å². The molecule has 2 nitrogen and oxygen atoms in total. The quantitative estimate of drug-likeness (QED) is 0.393. The summed E-state index contributed by atoms with van der Waals surface area (Å²) in [6, 6.07) is 0. The van der Waals surface area contributed by atoms with Crippen LogP contribution in [-0.2, 0) is 9.53 Å². The highest BCUT2D eigenvalue weighted by molar-refractivity contribution is 5.90. The van der Waals surface area contributed by atoms with E-state index in [0.717, 1.165) is 30.4 Å². The Kier molecular flexibility index (Phi) is 2.92. The number of esters is 1. The SMILES string of the molecule is C=C(C)[C@@H]1CC[C@@]2(C)OC(=O)C(=C(C)C)C[C@@H]12. The number of allylic oxidation sites excluding steroid dienone is 2. The predicted octanol–water partition coefficient (Wildman–Crippen LogP) is 3.63. The lowest BCUT2D eigenvalue weighted by Crippen LogP contribution is -2.43. The van der Waals surface area contributed by atoms with Crippen LogP contribution >= 0.6 is 0 Å². The summed E-state index contributed by atoms with van der Waals surface area (Å²) in [6.07, 6.45) is 2.92. The van der Waals surface area contributed by atoms with Crippen LogP contribution in [0.25, 0.3) is 0 Å². The van der Waals surface area contributed by atoms with Gasteiger partial charge in [0.25, 0.3) is 0 Å². The fraction of sp³-hybridized carbons (Fsp3) is 0.667. The summed E-state index contributed by atoms with van der Waals surface area (Å²) in [5.41, 5.74) is 2.93. The molecule has 0 aromatic rings. The number of rotatable bonds is 1. The van der Waals surface area contributed by atoms with Crippen LogP contribution in [0.4, 0.5) is 0 Å². The van der Waals surface area contributed by atoms with Crippen molar-refractivity contribution in [3.05, 3.63) is 23.3 Å². The highest BCUT2D eigenvalue weighted by Gasteiger charge is 2.51. The van der Waals surface area contributed by atoms with E-state index in [2.05, 4.69) is 20.4 Å². The van der Waals surface area contributed by atoms with Crippen LogP contribution in [-0.4, -0.2) is 11.6 Å². The fourth-order valence-corrected chi connectivity index (χ4v) is 3.31. The second-order valence-corrected chi connectivity index (χ2v) is 5.98. The minimum Gasteiger partial charge on any atom is -0.456 e. The highest BCUT2D eigenvalue weighted by atomic mass is 16.6. The third kappa shape index (κ3) is 1.94. The van der Waals surface area contributed by atoms with E-state index in [-0.39, 0.29) is 11.6 Å². The third-order valence-electron chi connectivity index (χ3n) is 4.45. The van der Waals surface area contributed by atoms with E-state index in [0.29, 0.717) is 11.8 Å². The number of carbonyl (C=O) groups excluding carboxylic acids is 1. The Morgan fingerprint density at radius 1 is 1.41 bits per heavy atom. The van der Waals surface area contributed by atoms with Crippen LogP contribution < -0.4 is 0 Å². The second-order valence-electron chi connectivity index (χ2n) is 5.98. The molecule has 0 aromatic carbocycles. The van der Waals surface area contributed by atoms with Gasteiger partial charge in [0.1, 0.15) is 5.60 Å². The van der Waals surface area contributed by atoms with Crippen molar-refractivity contribution in [2.45, 2.75) is 52.6 Å². The first-order chi connectivity index (χ1) is 7.85. The van der Waals surface area contributed by atoms with Gasteiger partial charge in [-0.1, -0.05) is 17.7 Å². The average molecular weight is 234 g/mol. The standard InChI is InChI=1S/C15H22O2/c1-9(2)11-6-7-15(5)13(11)8-12(10(3)4)14(16)17-15/h11,13H,1,6-8H2,2-5H3/t11-,13-,15+/m0/s1. The molecule has 0 unspecified atom stereocenters. The zero-order valence-corrected chi connectivity index (χ0v) is 11.3. The molecule has 2 fully saturated rings. The normalized spacial score (nSPS) is 36.5. The van der Waals surface area contributed by atoms with Gasteiger partial charge in [-0.2, -0.15) is 0 Å². The van der Waals surface area contributed by atoms with Crippen LogP contribution in [0.5, 0.6) is 0 Å². The van der Waals surface area contributed by atoms with Crippen molar-refractivity contribution in [2.24, 2.45) is 11.8 Å². The second kappa shape index (κ2) is 4.01. The Morgan fingerprint density at radius 3 is 2.59 bits per heavy atom. The van der Waals surface area contributed by atoms with Gasteiger partial charge >= 0.3 is 5.97 Å². The van der Waals surface area contributed by atoms with Crippen LogP contribution in [0.15, 0.2) is 23.3 Å². The topological polar surface area (TPSA) is 26.3 Å². The number of hydrogen-bond donors (Lipinski definition) is 0. The van der Waals surface area contributed by atoms with Gasteiger partial charge < -0.3 is 4.74 Å². The van der Waals surface area contributed by atoms with Gasteiger partial charge in [0.05, 0.1) is 0 Å². The van der Waals surface area contributed by atoms with Crippen LogP contribution in [0, 0.1) is 11.8 Å². The lowest BCUT2D eigenvalue weighted by Gasteiger charge is -2.39. The first kappa shape index (κ1) is 12.4. The van der Waals surface area contributed by atoms with Crippen molar-refractivity contribution in [1.82, 2.24) is 0 Å². The smallest absolute Gasteiger partial charge is 0.334 e. The Morgan fingerprint density at radius 2 is 2.06 bits per heavy atom. The molecule has 2 aliphatic rings. The largest absolute Gasteiger partial charge is 0.456 e. The summed E-state index contributed by atoms with van der Waals surface area (Å²) in [6.45, 7) is 12.2. The average Bonchev–Trinajstić information content (AvgIpc) is 2.52. The molecule has 17 heavy (non-hydrogen) atoms. The van der Waals surface area contributed by atoms with Crippen molar-refractivity contribution in [3.63, 3.8) is 0 Å². The highest BCUT2D eigenvalue weighted by Crippen LogP contribution is 2.51. The summed E-state index contributed by atoms with van der Waals surface area (Å²) in [5, 5.41) is 0. The van der Waals surface area contributed by atoms with Crippen molar-refractivity contribution in [3.8, 4) is 0 Å². The lowest BCUT2D eigenvalue weighted by molar-refractivity contribution is -0.163. The van der Waals surface area contributed by atoms with Gasteiger partial charge in [0.2, 0.25) is 0 Å². The molecule has 2 rings (SSSR count). The number of carbonyl (C=O) groups is 1. The third-order valence-corrected chi connectivity index (χ3v) is 4.45. The van der Waals surface area contributed by atoms with Crippen LogP contribution in [0.1, 0.15) is 47.0 Å². The Hall–Kier alpha value is -1.05. The van der Waals surface area contributed by atoms with Crippen molar-refractivity contribution in [1.29, 1.82) is 0 Å². The van der Waals surface area contributed by atoms with E-state index in [1.807, 2.05) is 13.8 Å². The molecular formula is C15H22O2. The minimum absolute atomic E-state index is 0.105. The van der Waals surface area contributed by atoms with Gasteiger partial charge in [-0.05, 0) is 52.9 Å². The Bertz CT molecular complexity index is 401. The first-order valence-electron chi connectivity index (χ1n) is 6.40. The maximum absolute atomic E-state index is 12.0. The van der Waals surface area contributed by atoms with Gasteiger partial charge in [0, 0.05) is 11.5 Å². The van der Waals surface area contributed by atoms with Crippen LogP contribution in [0.3, 0.4) is 0 Å². The van der Waals surface area contributed by atoms with Gasteiger partial charge in [-0.25, -0.2) is 4.79 Å². The Balaban J connectivity index is 2.34. The summed E-state index contributed by atoms with van der Waals surface area (Å²) in [5.74, 6) is 0.816. The zero-order valence-electron chi connectivity index (χ0n) is 11.3. The van der Waals surface area contributed by atoms with Gasteiger partial charge in [-0.3, -0.25) is 0 Å². The van der Waals surface area contributed by atoms with Gasteiger partial charge in [0.15, 0.2) is 0 Å². The molecule has 0 N–H and O–H groups in total. The van der Waals surface area contributed by atoms with E-state index < -0.39 is 0 Å². The number of hydrogen-bond acceptors (Lipinski definition) is 2. The summed E-state index contributed by atoms with van der Waals surface area (Å²) in [4.78, 5) is 12.0. The van der Waals surface area contributed by atoms with E-state index in [4.69, 9.17) is 4.74 Å². The molecule has 94 valence electrons. The molecule has 1 heterocycles. The maximum atomic E-state index is 12.0. The molecule has 0 amide bonds.